The second-order valence-corrected chi connectivity index (χ2v) is 11.3. The molecule has 3 aromatic carbocycles. The molecule has 0 saturated carbocycles. The maximum Gasteiger partial charge on any atom is 0.310 e. The van der Waals surface area contributed by atoms with Gasteiger partial charge in [-0.1, -0.05) is 103 Å². The van der Waals surface area contributed by atoms with E-state index in [1.807, 2.05) is 91.0 Å². The van der Waals surface area contributed by atoms with E-state index in [9.17, 15) is 19.5 Å². The molecule has 0 aliphatic carbocycles. The van der Waals surface area contributed by atoms with Gasteiger partial charge < -0.3 is 25.2 Å². The van der Waals surface area contributed by atoms with Crippen molar-refractivity contribution in [1.29, 1.82) is 0 Å². The molecule has 2 amide bonds. The lowest BCUT2D eigenvalue weighted by molar-refractivity contribution is -0.158. The molecule has 0 spiro atoms. The smallest absolute Gasteiger partial charge is 0.310 e. The molecule has 3 rings (SSSR count). The lowest BCUT2D eigenvalue weighted by Crippen LogP contribution is -2.47. The Labute approximate surface area is 272 Å². The summed E-state index contributed by atoms with van der Waals surface area (Å²) >= 11 is 0. The molecule has 0 aliphatic heterocycles. The van der Waals surface area contributed by atoms with Crippen LogP contribution in [-0.4, -0.2) is 55.3 Å². The summed E-state index contributed by atoms with van der Waals surface area (Å²) in [7, 11) is 1.51. The molecule has 244 valence electrons. The number of nitrogens with one attached hydrogen (secondary N) is 2. The van der Waals surface area contributed by atoms with E-state index in [4.69, 9.17) is 9.47 Å². The van der Waals surface area contributed by atoms with Crippen molar-refractivity contribution in [3.05, 3.63) is 133 Å². The summed E-state index contributed by atoms with van der Waals surface area (Å²) in [6.07, 6.45) is 3.92. The fourth-order valence-electron chi connectivity index (χ4n) is 5.35. The van der Waals surface area contributed by atoms with Crippen LogP contribution in [0.3, 0.4) is 0 Å². The van der Waals surface area contributed by atoms with E-state index in [2.05, 4.69) is 23.8 Å². The van der Waals surface area contributed by atoms with Gasteiger partial charge in [0.05, 0.1) is 37.1 Å². The third kappa shape index (κ3) is 11.8. The van der Waals surface area contributed by atoms with Crippen LogP contribution in [0, 0.1) is 11.8 Å². The molecular weight excluding hydrogens is 580 g/mol. The van der Waals surface area contributed by atoms with Gasteiger partial charge in [0, 0.05) is 13.5 Å². The van der Waals surface area contributed by atoms with Crippen LogP contribution in [-0.2, 0) is 36.7 Å². The normalized spacial score (nSPS) is 14.1. The van der Waals surface area contributed by atoms with E-state index < -0.39 is 41.9 Å². The topological polar surface area (TPSA) is 114 Å². The highest BCUT2D eigenvalue weighted by atomic mass is 16.5. The lowest BCUT2D eigenvalue weighted by atomic mass is 9.95. The molecule has 0 unspecified atom stereocenters. The summed E-state index contributed by atoms with van der Waals surface area (Å²) in [6.45, 7) is 7.42. The number of aliphatic hydroxyl groups is 1. The molecular formula is C38H46N2O6. The van der Waals surface area contributed by atoms with Crippen molar-refractivity contribution in [3.8, 4) is 0 Å². The fraction of sp³-hybridized carbons (Fsp3) is 0.342. The summed E-state index contributed by atoms with van der Waals surface area (Å²) in [5, 5.41) is 15.7. The first-order chi connectivity index (χ1) is 22.4. The van der Waals surface area contributed by atoms with E-state index in [-0.39, 0.29) is 32.0 Å². The number of esters is 1. The molecule has 8 heteroatoms. The van der Waals surface area contributed by atoms with Gasteiger partial charge in [-0.3, -0.25) is 14.4 Å². The van der Waals surface area contributed by atoms with Crippen LogP contribution in [0.4, 0.5) is 0 Å². The number of allylic oxidation sites excluding steroid dienone is 2. The number of amides is 2. The average molecular weight is 627 g/mol. The lowest BCUT2D eigenvalue weighted by Gasteiger charge is -2.30. The van der Waals surface area contributed by atoms with Crippen molar-refractivity contribution < 1.29 is 29.0 Å². The van der Waals surface area contributed by atoms with Gasteiger partial charge in [-0.15, -0.1) is 13.2 Å². The minimum absolute atomic E-state index is 0.0556. The van der Waals surface area contributed by atoms with Crippen LogP contribution in [0.2, 0.25) is 0 Å². The molecule has 5 atom stereocenters. The van der Waals surface area contributed by atoms with Gasteiger partial charge in [-0.05, 0) is 42.4 Å². The van der Waals surface area contributed by atoms with Gasteiger partial charge in [0.25, 0.3) is 0 Å². The predicted octanol–water partition coefficient (Wildman–Crippen LogP) is 5.14. The number of methoxy groups -OCH3 is 1. The first-order valence-electron chi connectivity index (χ1n) is 15.6. The molecule has 3 aromatic rings. The summed E-state index contributed by atoms with van der Waals surface area (Å²) in [6, 6.07) is 27.2. The SMILES string of the molecule is C=CC[C@H](CC(=O)N[C@@H](CO)Cc1ccccc1)C(=O)N[C@@H](COC)[C@@H](OC(=O)[C@@H](CC=C)Cc1ccccc1)c1ccccc1. The first-order valence-corrected chi connectivity index (χ1v) is 15.6. The second kappa shape index (κ2) is 19.8. The molecule has 0 fully saturated rings. The van der Waals surface area contributed by atoms with Crippen molar-refractivity contribution >= 4 is 17.8 Å². The van der Waals surface area contributed by atoms with Crippen molar-refractivity contribution in [2.75, 3.05) is 20.3 Å². The number of hydrogen-bond donors (Lipinski definition) is 3. The number of aliphatic hydroxyl groups excluding tert-OH is 1. The van der Waals surface area contributed by atoms with E-state index in [0.29, 0.717) is 24.8 Å². The van der Waals surface area contributed by atoms with Gasteiger partial charge in [-0.2, -0.15) is 0 Å². The van der Waals surface area contributed by atoms with Crippen LogP contribution in [0.25, 0.3) is 0 Å². The van der Waals surface area contributed by atoms with Gasteiger partial charge in [-0.25, -0.2) is 0 Å². The third-order valence-corrected chi connectivity index (χ3v) is 7.68. The predicted molar refractivity (Wildman–Crippen MR) is 180 cm³/mol. The highest BCUT2D eigenvalue weighted by Crippen LogP contribution is 2.26. The molecule has 0 heterocycles. The fourth-order valence-corrected chi connectivity index (χ4v) is 5.35. The molecule has 0 aromatic heterocycles. The Kier molecular flexibility index (Phi) is 15.4. The number of hydrogen-bond acceptors (Lipinski definition) is 6. The number of ether oxygens (including phenoxy) is 2. The number of carbonyl (C=O) groups is 3. The standard InChI is InChI=1S/C38H46N2O6/c1-4-15-31(25-35(42)39-33(26-41)24-29-19-11-7-12-20-29)37(43)40-34(27-45-3)36(30-21-13-8-14-22-30)46-38(44)32(16-5-2)23-28-17-9-6-10-18-28/h4-14,17-22,31-34,36,41H,1-2,15-16,23-27H2,3H3,(H,39,42)(H,40,43)/t31-,32+,33-,34+,36+/m1/s1. The number of carbonyl (C=O) groups excluding carboxylic acids is 3. The van der Waals surface area contributed by atoms with Crippen LogP contribution >= 0.6 is 0 Å². The van der Waals surface area contributed by atoms with Gasteiger partial charge in [0.2, 0.25) is 11.8 Å². The zero-order valence-corrected chi connectivity index (χ0v) is 26.6. The third-order valence-electron chi connectivity index (χ3n) is 7.68. The molecule has 0 saturated heterocycles. The molecule has 8 nitrogen and oxygen atoms in total. The Balaban J connectivity index is 1.77. The Bertz CT molecular complexity index is 1370. The summed E-state index contributed by atoms with van der Waals surface area (Å²) in [4.78, 5) is 40.4. The molecule has 0 radical (unpaired) electrons. The van der Waals surface area contributed by atoms with Crippen molar-refractivity contribution in [3.63, 3.8) is 0 Å². The van der Waals surface area contributed by atoms with E-state index >= 15 is 0 Å². The van der Waals surface area contributed by atoms with Crippen LogP contribution in [0.1, 0.15) is 42.1 Å². The van der Waals surface area contributed by atoms with E-state index in [1.165, 1.54) is 7.11 Å². The average Bonchev–Trinajstić information content (AvgIpc) is 3.07. The maximum absolute atomic E-state index is 13.7. The minimum Gasteiger partial charge on any atom is -0.455 e. The Morgan fingerprint density at radius 2 is 1.33 bits per heavy atom. The zero-order chi connectivity index (χ0) is 33.1. The molecule has 0 aliphatic rings. The zero-order valence-electron chi connectivity index (χ0n) is 26.6. The summed E-state index contributed by atoms with van der Waals surface area (Å²) in [5.41, 5.74) is 2.67. The largest absolute Gasteiger partial charge is 0.455 e. The number of benzene rings is 3. The minimum atomic E-state index is -0.858. The highest BCUT2D eigenvalue weighted by Gasteiger charge is 2.33. The van der Waals surface area contributed by atoms with Crippen LogP contribution in [0.5, 0.6) is 0 Å². The van der Waals surface area contributed by atoms with Crippen molar-refractivity contribution in [2.45, 2.75) is 50.3 Å². The van der Waals surface area contributed by atoms with Gasteiger partial charge >= 0.3 is 5.97 Å². The quantitative estimate of drug-likeness (QED) is 0.118. The second-order valence-electron chi connectivity index (χ2n) is 11.3. The molecule has 3 N–H and O–H groups in total. The molecule has 46 heavy (non-hydrogen) atoms. The summed E-state index contributed by atoms with van der Waals surface area (Å²) in [5.74, 6) is -2.39. The van der Waals surface area contributed by atoms with Gasteiger partial charge in [0.15, 0.2) is 0 Å². The Morgan fingerprint density at radius 3 is 1.87 bits per heavy atom. The van der Waals surface area contributed by atoms with Gasteiger partial charge in [0.1, 0.15) is 6.10 Å². The first kappa shape index (κ1) is 35.9. The molecule has 0 bridgehead atoms. The van der Waals surface area contributed by atoms with E-state index in [0.717, 1.165) is 11.1 Å². The Morgan fingerprint density at radius 1 is 0.783 bits per heavy atom. The van der Waals surface area contributed by atoms with Crippen LogP contribution in [0.15, 0.2) is 116 Å². The number of rotatable bonds is 20. The van der Waals surface area contributed by atoms with Crippen molar-refractivity contribution in [2.24, 2.45) is 11.8 Å². The van der Waals surface area contributed by atoms with Crippen LogP contribution < -0.4 is 10.6 Å². The maximum atomic E-state index is 13.7. The monoisotopic (exact) mass is 626 g/mol. The Hall–Kier alpha value is -4.53. The summed E-state index contributed by atoms with van der Waals surface area (Å²) < 4.78 is 11.7. The van der Waals surface area contributed by atoms with Crippen molar-refractivity contribution in [1.82, 2.24) is 10.6 Å². The van der Waals surface area contributed by atoms with E-state index in [1.54, 1.807) is 12.2 Å². The highest BCUT2D eigenvalue weighted by molar-refractivity contribution is 5.86.